The molecule has 3 nitrogen and oxygen atoms in total. The summed E-state index contributed by atoms with van der Waals surface area (Å²) in [5.74, 6) is 0.452. The van der Waals surface area contributed by atoms with Gasteiger partial charge in [-0.2, -0.15) is 18.4 Å². The van der Waals surface area contributed by atoms with Crippen LogP contribution in [0.2, 0.25) is 0 Å². The van der Waals surface area contributed by atoms with Crippen LogP contribution < -0.4 is 4.90 Å². The fourth-order valence-electron chi connectivity index (χ4n) is 1.53. The van der Waals surface area contributed by atoms with E-state index in [0.717, 1.165) is 12.3 Å². The van der Waals surface area contributed by atoms with Gasteiger partial charge in [-0.05, 0) is 26.0 Å². The van der Waals surface area contributed by atoms with Gasteiger partial charge in [-0.3, -0.25) is 0 Å². The zero-order chi connectivity index (χ0) is 13.8. The Kier molecular flexibility index (Phi) is 4.54. The van der Waals surface area contributed by atoms with Gasteiger partial charge in [0.05, 0.1) is 18.1 Å². The molecule has 0 N–H and O–H groups in total. The quantitative estimate of drug-likeness (QED) is 0.831. The lowest BCUT2D eigenvalue weighted by Gasteiger charge is -2.27. The molecule has 0 aliphatic heterocycles. The number of alkyl halides is 3. The predicted octanol–water partition coefficient (Wildman–Crippen LogP) is 3.23. The lowest BCUT2D eigenvalue weighted by molar-refractivity contribution is -0.137. The molecule has 1 aromatic heterocycles. The minimum Gasteiger partial charge on any atom is -0.353 e. The molecule has 1 heterocycles. The molecule has 1 aromatic rings. The van der Waals surface area contributed by atoms with E-state index in [1.54, 1.807) is 4.90 Å². The summed E-state index contributed by atoms with van der Waals surface area (Å²) in [5.41, 5.74) is -0.768. The van der Waals surface area contributed by atoms with Gasteiger partial charge in [-0.15, -0.1) is 0 Å². The Morgan fingerprint density at radius 1 is 1.39 bits per heavy atom. The van der Waals surface area contributed by atoms with Crippen LogP contribution in [0.25, 0.3) is 0 Å². The van der Waals surface area contributed by atoms with E-state index in [-0.39, 0.29) is 6.04 Å². The van der Waals surface area contributed by atoms with E-state index in [4.69, 9.17) is 5.26 Å². The number of anilines is 1. The highest BCUT2D eigenvalue weighted by molar-refractivity contribution is 5.40. The molecule has 0 radical (unpaired) electrons. The third-order valence-electron chi connectivity index (χ3n) is 2.46. The van der Waals surface area contributed by atoms with Gasteiger partial charge < -0.3 is 4.90 Å². The Morgan fingerprint density at radius 3 is 2.44 bits per heavy atom. The highest BCUT2D eigenvalue weighted by Gasteiger charge is 2.30. The largest absolute Gasteiger partial charge is 0.417 e. The molecular weight excluding hydrogens is 243 g/mol. The van der Waals surface area contributed by atoms with E-state index in [2.05, 4.69) is 4.98 Å². The van der Waals surface area contributed by atoms with E-state index in [1.165, 1.54) is 6.07 Å². The van der Waals surface area contributed by atoms with Gasteiger partial charge in [-0.1, -0.05) is 0 Å². The number of rotatable bonds is 4. The van der Waals surface area contributed by atoms with Crippen LogP contribution in [0.4, 0.5) is 19.0 Å². The van der Waals surface area contributed by atoms with Crippen molar-refractivity contribution >= 4 is 5.82 Å². The summed E-state index contributed by atoms with van der Waals surface area (Å²) in [5, 5.41) is 8.55. The van der Waals surface area contributed by atoms with Crippen molar-refractivity contribution in [3.05, 3.63) is 23.9 Å². The van der Waals surface area contributed by atoms with Crippen LogP contribution in [0.5, 0.6) is 0 Å². The Balaban J connectivity index is 2.91. The second-order valence-electron chi connectivity index (χ2n) is 4.10. The molecule has 0 atom stereocenters. The van der Waals surface area contributed by atoms with Gasteiger partial charge in [0.2, 0.25) is 0 Å². The fourth-order valence-corrected chi connectivity index (χ4v) is 1.53. The maximum absolute atomic E-state index is 12.4. The van der Waals surface area contributed by atoms with E-state index in [9.17, 15) is 13.2 Å². The maximum atomic E-state index is 12.4. The number of hydrogen-bond acceptors (Lipinski definition) is 3. The molecule has 18 heavy (non-hydrogen) atoms. The summed E-state index contributed by atoms with van der Waals surface area (Å²) >= 11 is 0. The highest BCUT2D eigenvalue weighted by atomic mass is 19.4. The smallest absolute Gasteiger partial charge is 0.353 e. The molecule has 0 fully saturated rings. The van der Waals surface area contributed by atoms with Crippen molar-refractivity contribution in [1.29, 1.82) is 5.26 Å². The average molecular weight is 257 g/mol. The van der Waals surface area contributed by atoms with Gasteiger partial charge in [-0.25, -0.2) is 4.98 Å². The van der Waals surface area contributed by atoms with Crippen LogP contribution in [0.15, 0.2) is 18.3 Å². The first-order chi connectivity index (χ1) is 8.36. The van der Waals surface area contributed by atoms with Crippen LogP contribution in [0.1, 0.15) is 25.8 Å². The molecule has 0 bridgehead atoms. The van der Waals surface area contributed by atoms with Crippen molar-refractivity contribution < 1.29 is 13.2 Å². The predicted molar refractivity (Wildman–Crippen MR) is 62.0 cm³/mol. The van der Waals surface area contributed by atoms with Crippen molar-refractivity contribution in [3.8, 4) is 6.07 Å². The van der Waals surface area contributed by atoms with E-state index in [1.807, 2.05) is 19.9 Å². The minimum atomic E-state index is -4.37. The van der Waals surface area contributed by atoms with E-state index in [0.29, 0.717) is 18.8 Å². The Bertz CT molecular complexity index is 418. The molecule has 0 unspecified atom stereocenters. The summed E-state index contributed by atoms with van der Waals surface area (Å²) in [6, 6.07) is 4.42. The molecule has 0 amide bonds. The molecule has 0 aliphatic rings. The lowest BCUT2D eigenvalue weighted by Crippen LogP contribution is -2.32. The van der Waals surface area contributed by atoms with Gasteiger partial charge in [0, 0.05) is 18.8 Å². The highest BCUT2D eigenvalue weighted by Crippen LogP contribution is 2.29. The average Bonchev–Trinajstić information content (AvgIpc) is 2.28. The van der Waals surface area contributed by atoms with Crippen LogP contribution in [-0.4, -0.2) is 17.6 Å². The molecule has 98 valence electrons. The molecule has 0 saturated heterocycles. The topological polar surface area (TPSA) is 39.9 Å². The molecule has 1 rings (SSSR count). The van der Waals surface area contributed by atoms with Gasteiger partial charge >= 0.3 is 6.18 Å². The Hall–Kier alpha value is -1.77. The first-order valence-corrected chi connectivity index (χ1v) is 5.53. The summed E-state index contributed by atoms with van der Waals surface area (Å²) in [6.45, 7) is 4.25. The standard InChI is InChI=1S/C12H14F3N3/c1-9(2)18(7-3-6-16)11-5-4-10(8-17-11)12(13,14)15/h4-5,8-9H,3,7H2,1-2H3. The van der Waals surface area contributed by atoms with E-state index >= 15 is 0 Å². The molecule has 6 heteroatoms. The Labute approximate surface area is 104 Å². The van der Waals surface area contributed by atoms with Gasteiger partial charge in [0.15, 0.2) is 0 Å². The van der Waals surface area contributed by atoms with Crippen molar-refractivity contribution in [2.45, 2.75) is 32.5 Å². The monoisotopic (exact) mass is 257 g/mol. The SMILES string of the molecule is CC(C)N(CCC#N)c1ccc(C(F)(F)F)cn1. The molecule has 0 saturated carbocycles. The van der Waals surface area contributed by atoms with Crippen LogP contribution in [0.3, 0.4) is 0 Å². The van der Waals surface area contributed by atoms with Crippen LogP contribution in [-0.2, 0) is 6.18 Å². The number of nitriles is 1. The number of hydrogen-bond donors (Lipinski definition) is 0. The van der Waals surface area contributed by atoms with Gasteiger partial charge in [0.25, 0.3) is 0 Å². The van der Waals surface area contributed by atoms with Crippen LogP contribution in [0, 0.1) is 11.3 Å². The fraction of sp³-hybridized carbons (Fsp3) is 0.500. The van der Waals surface area contributed by atoms with Crippen molar-refractivity contribution in [2.24, 2.45) is 0 Å². The zero-order valence-electron chi connectivity index (χ0n) is 10.2. The first-order valence-electron chi connectivity index (χ1n) is 5.53. The number of aromatic nitrogens is 1. The van der Waals surface area contributed by atoms with E-state index < -0.39 is 11.7 Å². The molecule has 0 spiro atoms. The first kappa shape index (κ1) is 14.3. The number of nitrogens with zero attached hydrogens (tertiary/aromatic N) is 3. The second kappa shape index (κ2) is 5.71. The summed E-state index contributed by atoms with van der Waals surface area (Å²) < 4.78 is 37.2. The zero-order valence-corrected chi connectivity index (χ0v) is 10.2. The lowest BCUT2D eigenvalue weighted by atomic mass is 10.2. The Morgan fingerprint density at radius 2 is 2.06 bits per heavy atom. The summed E-state index contributed by atoms with van der Waals surface area (Å²) in [6.07, 6.45) is -3.25. The maximum Gasteiger partial charge on any atom is 0.417 e. The molecule has 0 aliphatic carbocycles. The van der Waals surface area contributed by atoms with Crippen molar-refractivity contribution in [2.75, 3.05) is 11.4 Å². The summed E-state index contributed by atoms with van der Waals surface area (Å²) in [7, 11) is 0. The third kappa shape index (κ3) is 3.62. The van der Waals surface area contributed by atoms with Crippen LogP contribution >= 0.6 is 0 Å². The third-order valence-corrected chi connectivity index (χ3v) is 2.46. The molecular formula is C12H14F3N3. The second-order valence-corrected chi connectivity index (χ2v) is 4.10. The van der Waals surface area contributed by atoms with Crippen molar-refractivity contribution in [1.82, 2.24) is 4.98 Å². The minimum absolute atomic E-state index is 0.0718. The summed E-state index contributed by atoms with van der Waals surface area (Å²) in [4.78, 5) is 5.61. The number of pyridine rings is 1. The molecule has 0 aromatic carbocycles. The van der Waals surface area contributed by atoms with Gasteiger partial charge in [0.1, 0.15) is 5.82 Å². The van der Waals surface area contributed by atoms with Crippen molar-refractivity contribution in [3.63, 3.8) is 0 Å². The normalized spacial score (nSPS) is 11.4. The number of halogens is 3.